The second-order valence-electron chi connectivity index (χ2n) is 6.56. The van der Waals surface area contributed by atoms with Gasteiger partial charge in [0.1, 0.15) is 10.6 Å². The van der Waals surface area contributed by atoms with Crippen LogP contribution in [-0.2, 0) is 19.6 Å². The van der Waals surface area contributed by atoms with E-state index in [0.29, 0.717) is 6.54 Å². The number of aliphatic hydroxyl groups excluding tert-OH is 1. The van der Waals surface area contributed by atoms with Gasteiger partial charge in [0, 0.05) is 18.2 Å². The van der Waals surface area contributed by atoms with Gasteiger partial charge in [-0.25, -0.2) is 13.2 Å². The summed E-state index contributed by atoms with van der Waals surface area (Å²) in [5.41, 5.74) is 0.0198. The van der Waals surface area contributed by atoms with Gasteiger partial charge in [0.25, 0.3) is 5.91 Å². The Morgan fingerprint density at radius 3 is 2.61 bits per heavy atom. The number of sulfonamides is 1. The molecule has 0 aromatic heterocycles. The number of nitrogens with one attached hydrogen (secondary N) is 1. The highest BCUT2D eigenvalue weighted by atomic mass is 32.2. The highest BCUT2D eigenvalue weighted by Gasteiger charge is 2.34. The number of hydrogen-bond acceptors (Lipinski definition) is 7. The average Bonchev–Trinajstić information content (AvgIpc) is 2.70. The quantitative estimate of drug-likeness (QED) is 0.624. The van der Waals surface area contributed by atoms with Gasteiger partial charge in [0.15, 0.2) is 6.04 Å². The molecule has 1 aromatic rings. The van der Waals surface area contributed by atoms with Crippen molar-refractivity contribution >= 4 is 21.9 Å². The van der Waals surface area contributed by atoms with Crippen molar-refractivity contribution in [3.05, 3.63) is 23.8 Å². The van der Waals surface area contributed by atoms with E-state index in [1.54, 1.807) is 0 Å². The molecule has 2 rings (SSSR count). The summed E-state index contributed by atoms with van der Waals surface area (Å²) in [5.74, 6) is -1.39. The van der Waals surface area contributed by atoms with Gasteiger partial charge < -0.3 is 19.9 Å². The highest BCUT2D eigenvalue weighted by molar-refractivity contribution is 7.89. The maximum absolute atomic E-state index is 13.2. The average molecular weight is 414 g/mol. The molecular weight excluding hydrogens is 388 g/mol. The van der Waals surface area contributed by atoms with Crippen LogP contribution in [-0.4, -0.2) is 69.2 Å². The Morgan fingerprint density at radius 1 is 1.32 bits per heavy atom. The summed E-state index contributed by atoms with van der Waals surface area (Å²) in [6.45, 7) is 1.60. The van der Waals surface area contributed by atoms with Crippen molar-refractivity contribution in [2.24, 2.45) is 0 Å². The Hall–Kier alpha value is -2.17. The van der Waals surface area contributed by atoms with E-state index in [9.17, 15) is 23.1 Å². The number of ether oxygens (including phenoxy) is 2. The summed E-state index contributed by atoms with van der Waals surface area (Å²) in [7, 11) is -1.39. The Labute approximate surface area is 164 Å². The van der Waals surface area contributed by atoms with Crippen molar-refractivity contribution in [2.45, 2.75) is 43.2 Å². The predicted octanol–water partition coefficient (Wildman–Crippen LogP) is 0.522. The van der Waals surface area contributed by atoms with E-state index >= 15 is 0 Å². The van der Waals surface area contributed by atoms with Crippen molar-refractivity contribution in [1.29, 1.82) is 0 Å². The number of amides is 1. The van der Waals surface area contributed by atoms with E-state index in [-0.39, 0.29) is 22.3 Å². The van der Waals surface area contributed by atoms with Gasteiger partial charge in [-0.1, -0.05) is 6.42 Å². The van der Waals surface area contributed by atoms with Crippen LogP contribution in [0.1, 0.15) is 36.5 Å². The van der Waals surface area contributed by atoms with Crippen molar-refractivity contribution in [3.8, 4) is 5.75 Å². The lowest BCUT2D eigenvalue weighted by atomic mass is 10.1. The topological polar surface area (TPSA) is 122 Å². The standard InChI is InChI=1S/C18H26N2O7S/c1-12-6-4-5-9-20(12)28(24,25)16-10-13(7-8-15(16)26-2)17(22)19-14(11-21)18(23)27-3/h7-8,10,12,14,21H,4-6,9,11H2,1-3H3,(H,19,22)/t12-,14+/m1/s1. The zero-order chi connectivity index (χ0) is 20.9. The van der Waals surface area contributed by atoms with Crippen molar-refractivity contribution < 1.29 is 32.6 Å². The zero-order valence-electron chi connectivity index (χ0n) is 16.2. The molecule has 1 amide bonds. The molecule has 10 heteroatoms. The van der Waals surface area contributed by atoms with E-state index < -0.39 is 34.5 Å². The summed E-state index contributed by atoms with van der Waals surface area (Å²) in [6, 6.07) is 2.60. The fourth-order valence-corrected chi connectivity index (χ4v) is 5.02. The number of esters is 1. The van der Waals surface area contributed by atoms with Crippen LogP contribution < -0.4 is 10.1 Å². The van der Waals surface area contributed by atoms with Crippen LogP contribution in [0.5, 0.6) is 5.75 Å². The van der Waals surface area contributed by atoms with Gasteiger partial charge in [-0.15, -0.1) is 0 Å². The van der Waals surface area contributed by atoms with Crippen molar-refractivity contribution in [1.82, 2.24) is 9.62 Å². The Morgan fingerprint density at radius 2 is 2.04 bits per heavy atom. The smallest absolute Gasteiger partial charge is 0.330 e. The van der Waals surface area contributed by atoms with Crippen molar-refractivity contribution in [2.75, 3.05) is 27.4 Å². The van der Waals surface area contributed by atoms with Gasteiger partial charge in [-0.2, -0.15) is 4.31 Å². The third-order valence-electron chi connectivity index (χ3n) is 4.73. The van der Waals surface area contributed by atoms with Crippen LogP contribution >= 0.6 is 0 Å². The van der Waals surface area contributed by atoms with Gasteiger partial charge in [-0.3, -0.25) is 4.79 Å². The number of piperidine rings is 1. The van der Waals surface area contributed by atoms with Crippen molar-refractivity contribution in [3.63, 3.8) is 0 Å². The lowest BCUT2D eigenvalue weighted by Crippen LogP contribution is -2.44. The molecule has 28 heavy (non-hydrogen) atoms. The minimum atomic E-state index is -3.88. The lowest BCUT2D eigenvalue weighted by molar-refractivity contribution is -0.143. The molecular formula is C18H26N2O7S. The molecule has 9 nitrogen and oxygen atoms in total. The Balaban J connectivity index is 2.38. The van der Waals surface area contributed by atoms with Gasteiger partial charge in [0.05, 0.1) is 20.8 Å². The summed E-state index contributed by atoms with van der Waals surface area (Å²) >= 11 is 0. The molecule has 1 aromatic carbocycles. The molecule has 2 atom stereocenters. The fraction of sp³-hybridized carbons (Fsp3) is 0.556. The normalized spacial score (nSPS) is 18.9. The monoisotopic (exact) mass is 414 g/mol. The first-order valence-electron chi connectivity index (χ1n) is 8.95. The summed E-state index contributed by atoms with van der Waals surface area (Å²) in [4.78, 5) is 23.9. The van der Waals surface area contributed by atoms with E-state index in [1.165, 1.54) is 29.6 Å². The SMILES string of the molecule is COC(=O)[C@H](CO)NC(=O)c1ccc(OC)c(S(=O)(=O)N2CCCC[C@H]2C)c1. The molecule has 2 N–H and O–H groups in total. The molecule has 1 saturated heterocycles. The van der Waals surface area contributed by atoms with E-state index in [0.717, 1.165) is 26.4 Å². The minimum Gasteiger partial charge on any atom is -0.495 e. The third-order valence-corrected chi connectivity index (χ3v) is 6.76. The summed E-state index contributed by atoms with van der Waals surface area (Å²) < 4.78 is 37.5. The van der Waals surface area contributed by atoms with Crippen LogP contribution in [0.25, 0.3) is 0 Å². The Bertz CT molecular complexity index is 825. The molecule has 1 fully saturated rings. The number of benzene rings is 1. The minimum absolute atomic E-state index is 0.0198. The van der Waals surface area contributed by atoms with Gasteiger partial charge in [-0.05, 0) is 38.0 Å². The second kappa shape index (κ2) is 9.35. The molecule has 0 saturated carbocycles. The second-order valence-corrected chi connectivity index (χ2v) is 8.42. The number of hydrogen-bond donors (Lipinski definition) is 2. The number of carbonyl (C=O) groups excluding carboxylic acids is 2. The van der Waals surface area contributed by atoms with Crippen LogP contribution in [0.15, 0.2) is 23.1 Å². The molecule has 1 heterocycles. The maximum atomic E-state index is 13.2. The molecule has 0 unspecified atom stereocenters. The first kappa shape index (κ1) is 22.1. The maximum Gasteiger partial charge on any atom is 0.330 e. The van der Waals surface area contributed by atoms with Crippen LogP contribution in [0.3, 0.4) is 0 Å². The number of carbonyl (C=O) groups is 2. The zero-order valence-corrected chi connectivity index (χ0v) is 17.0. The first-order chi connectivity index (χ1) is 13.3. The molecule has 0 spiro atoms. The predicted molar refractivity (Wildman–Crippen MR) is 101 cm³/mol. The third kappa shape index (κ3) is 4.62. The van der Waals surface area contributed by atoms with Gasteiger partial charge >= 0.3 is 5.97 Å². The van der Waals surface area contributed by atoms with Crippen LogP contribution in [0.4, 0.5) is 0 Å². The molecule has 0 bridgehead atoms. The van der Waals surface area contributed by atoms with Crippen LogP contribution in [0, 0.1) is 0 Å². The number of aliphatic hydroxyl groups is 1. The molecule has 0 aliphatic carbocycles. The molecule has 156 valence electrons. The molecule has 1 aliphatic rings. The lowest BCUT2D eigenvalue weighted by Gasteiger charge is -2.32. The van der Waals surface area contributed by atoms with E-state index in [2.05, 4.69) is 10.1 Å². The van der Waals surface area contributed by atoms with Crippen LogP contribution in [0.2, 0.25) is 0 Å². The summed E-state index contributed by atoms with van der Waals surface area (Å²) in [5, 5.41) is 11.6. The highest BCUT2D eigenvalue weighted by Crippen LogP contribution is 2.31. The molecule has 0 radical (unpaired) electrons. The number of rotatable bonds is 7. The largest absolute Gasteiger partial charge is 0.495 e. The van der Waals surface area contributed by atoms with E-state index in [1.807, 2.05) is 6.92 Å². The van der Waals surface area contributed by atoms with Gasteiger partial charge in [0.2, 0.25) is 10.0 Å². The Kier molecular flexibility index (Phi) is 7.39. The number of methoxy groups -OCH3 is 2. The van der Waals surface area contributed by atoms with E-state index in [4.69, 9.17) is 4.74 Å². The number of nitrogens with zero attached hydrogens (tertiary/aromatic N) is 1. The molecule has 1 aliphatic heterocycles. The summed E-state index contributed by atoms with van der Waals surface area (Å²) in [6.07, 6.45) is 2.49. The fourth-order valence-electron chi connectivity index (χ4n) is 3.14. The first-order valence-corrected chi connectivity index (χ1v) is 10.4.